The summed E-state index contributed by atoms with van der Waals surface area (Å²) in [6.07, 6.45) is 52.9. The lowest BCUT2D eigenvalue weighted by Crippen LogP contribution is -2.11. The topological polar surface area (TPSA) is 72.8 Å². The zero-order valence-electron chi connectivity index (χ0n) is 36.5. The molecule has 0 aromatic carbocycles. The summed E-state index contributed by atoms with van der Waals surface area (Å²) in [6, 6.07) is 0. The third-order valence-corrected chi connectivity index (χ3v) is 10.7. The molecule has 0 rings (SSSR count). The van der Waals surface area contributed by atoms with E-state index < -0.39 is 11.9 Å². The second-order valence-corrected chi connectivity index (χ2v) is 16.2. The molecule has 0 amide bonds. The van der Waals surface area contributed by atoms with E-state index in [1.807, 2.05) is 0 Å². The Morgan fingerprint density at radius 2 is 0.453 bits per heavy atom. The van der Waals surface area contributed by atoms with Gasteiger partial charge in [-0.1, -0.05) is 258 Å². The van der Waals surface area contributed by atoms with Gasteiger partial charge in [-0.2, -0.15) is 0 Å². The van der Waals surface area contributed by atoms with E-state index in [9.17, 15) is 9.59 Å². The van der Waals surface area contributed by atoms with E-state index in [0.717, 1.165) is 32.1 Å². The minimum absolute atomic E-state index is 0.338. The number of carbonyl (C=O) groups is 2. The number of unbranched alkanes of at least 4 members (excludes halogenated alkanes) is 37. The van der Waals surface area contributed by atoms with Crippen LogP contribution in [0.15, 0.2) is 0 Å². The Balaban J connectivity index is 0. The molecule has 318 valence electrons. The third-order valence-electron chi connectivity index (χ3n) is 10.7. The Morgan fingerprint density at radius 3 is 0.642 bits per heavy atom. The minimum atomic E-state index is -0.417. The van der Waals surface area contributed by atoms with Gasteiger partial charge in [0, 0.05) is 6.61 Å². The van der Waals surface area contributed by atoms with Crippen LogP contribution in [0.5, 0.6) is 0 Å². The predicted molar refractivity (Wildman–Crippen MR) is 230 cm³/mol. The standard InChI is InChI=1S/C36H70O4.C12H26O/c1-3-5-7-9-11-13-15-17-19-21-23-25-27-29-31-33-35(37)39-40-36(38)34-32-30-28-26-24-22-20-18-16-14-12-10-8-6-4-2;1-2-3-4-5-6-7-8-9-10-11-12-13/h3-34H2,1-2H3;13H,2-12H2,1H3. The van der Waals surface area contributed by atoms with Crippen molar-refractivity contribution in [3.63, 3.8) is 0 Å². The van der Waals surface area contributed by atoms with Crippen LogP contribution in [0.2, 0.25) is 0 Å². The fraction of sp³-hybridized carbons (Fsp3) is 0.958. The highest BCUT2D eigenvalue weighted by molar-refractivity contribution is 5.72. The van der Waals surface area contributed by atoms with Crippen LogP contribution in [-0.4, -0.2) is 23.7 Å². The lowest BCUT2D eigenvalue weighted by atomic mass is 10.0. The van der Waals surface area contributed by atoms with Gasteiger partial charge in [0.25, 0.3) is 0 Å². The van der Waals surface area contributed by atoms with Crippen molar-refractivity contribution >= 4 is 11.9 Å². The summed E-state index contributed by atoms with van der Waals surface area (Å²) in [5.41, 5.74) is 0. The summed E-state index contributed by atoms with van der Waals surface area (Å²) in [5, 5.41) is 8.57. The molecule has 0 radical (unpaired) electrons. The van der Waals surface area contributed by atoms with Crippen molar-refractivity contribution in [3.8, 4) is 0 Å². The first-order valence-corrected chi connectivity index (χ1v) is 24.1. The van der Waals surface area contributed by atoms with Gasteiger partial charge in [-0.15, -0.1) is 0 Å². The van der Waals surface area contributed by atoms with Crippen molar-refractivity contribution in [2.45, 2.75) is 290 Å². The molecule has 0 aliphatic rings. The van der Waals surface area contributed by atoms with Crippen LogP contribution in [0.4, 0.5) is 0 Å². The number of aliphatic hydroxyl groups is 1. The molecule has 53 heavy (non-hydrogen) atoms. The predicted octanol–water partition coefficient (Wildman–Crippen LogP) is 16.4. The number of hydrogen-bond donors (Lipinski definition) is 1. The summed E-state index contributed by atoms with van der Waals surface area (Å²) in [6.45, 7) is 7.18. The first kappa shape index (κ1) is 54.0. The van der Waals surface area contributed by atoms with Gasteiger partial charge < -0.3 is 5.11 Å². The van der Waals surface area contributed by atoms with E-state index >= 15 is 0 Å². The molecule has 5 heteroatoms. The zero-order chi connectivity index (χ0) is 39.0. The number of aliphatic hydroxyl groups excluding tert-OH is 1. The molecule has 0 fully saturated rings. The first-order valence-electron chi connectivity index (χ1n) is 24.1. The molecule has 5 nitrogen and oxygen atoms in total. The maximum absolute atomic E-state index is 11.8. The molecular weight excluding hydrogens is 657 g/mol. The van der Waals surface area contributed by atoms with Crippen LogP contribution in [0.25, 0.3) is 0 Å². The summed E-state index contributed by atoms with van der Waals surface area (Å²) in [4.78, 5) is 33.0. The smallest absolute Gasteiger partial charge is 0.355 e. The van der Waals surface area contributed by atoms with Crippen molar-refractivity contribution in [2.75, 3.05) is 6.61 Å². The Bertz CT molecular complexity index is 625. The fourth-order valence-electron chi connectivity index (χ4n) is 7.06. The van der Waals surface area contributed by atoms with Gasteiger partial charge in [0.1, 0.15) is 0 Å². The van der Waals surface area contributed by atoms with Crippen LogP contribution in [0.1, 0.15) is 290 Å². The molecule has 0 aliphatic carbocycles. The molecule has 0 saturated heterocycles. The molecule has 0 saturated carbocycles. The first-order chi connectivity index (χ1) is 26.1. The van der Waals surface area contributed by atoms with E-state index in [4.69, 9.17) is 14.9 Å². The lowest BCUT2D eigenvalue weighted by Gasteiger charge is -2.05. The summed E-state index contributed by atoms with van der Waals surface area (Å²) >= 11 is 0. The molecule has 0 heterocycles. The quantitative estimate of drug-likeness (QED) is 0.0382. The number of hydrogen-bond acceptors (Lipinski definition) is 5. The van der Waals surface area contributed by atoms with Gasteiger partial charge in [-0.3, -0.25) is 0 Å². The van der Waals surface area contributed by atoms with Gasteiger partial charge in [0.15, 0.2) is 0 Å². The van der Waals surface area contributed by atoms with Crippen molar-refractivity contribution in [2.24, 2.45) is 0 Å². The number of rotatable bonds is 42. The molecular formula is C48H96O5. The van der Waals surface area contributed by atoms with E-state index in [1.165, 1.54) is 225 Å². The van der Waals surface area contributed by atoms with E-state index in [0.29, 0.717) is 19.4 Å². The van der Waals surface area contributed by atoms with Gasteiger partial charge in [-0.05, 0) is 19.3 Å². The van der Waals surface area contributed by atoms with Crippen molar-refractivity contribution in [1.82, 2.24) is 0 Å². The van der Waals surface area contributed by atoms with Crippen LogP contribution >= 0.6 is 0 Å². The molecule has 0 atom stereocenters. The molecule has 0 unspecified atom stereocenters. The van der Waals surface area contributed by atoms with Gasteiger partial charge in [0.05, 0.1) is 12.8 Å². The largest absolute Gasteiger partial charge is 0.396 e. The van der Waals surface area contributed by atoms with E-state index in [2.05, 4.69) is 20.8 Å². The van der Waals surface area contributed by atoms with Crippen LogP contribution in [-0.2, 0) is 19.4 Å². The highest BCUT2D eigenvalue weighted by Crippen LogP contribution is 2.16. The highest BCUT2D eigenvalue weighted by Gasteiger charge is 2.09. The van der Waals surface area contributed by atoms with Gasteiger partial charge in [-0.25, -0.2) is 19.4 Å². The second-order valence-electron chi connectivity index (χ2n) is 16.2. The van der Waals surface area contributed by atoms with Gasteiger partial charge >= 0.3 is 11.9 Å². The zero-order valence-corrected chi connectivity index (χ0v) is 36.5. The molecule has 0 aromatic rings. The lowest BCUT2D eigenvalue weighted by molar-refractivity contribution is -0.259. The SMILES string of the molecule is CCCCCCCCCCCCCCCCCC(=O)OOC(=O)CCCCCCCCCCCCCCCCC.CCCCCCCCCCCCO. The normalized spacial score (nSPS) is 11.0. The molecule has 0 aromatic heterocycles. The van der Waals surface area contributed by atoms with Crippen LogP contribution in [0.3, 0.4) is 0 Å². The Labute approximate surface area is 332 Å². The van der Waals surface area contributed by atoms with Crippen LogP contribution in [0, 0.1) is 0 Å². The molecule has 0 bridgehead atoms. The molecule has 1 N–H and O–H groups in total. The third kappa shape index (κ3) is 53.0. The van der Waals surface area contributed by atoms with E-state index in [1.54, 1.807) is 0 Å². The number of carbonyl (C=O) groups excluding carboxylic acids is 2. The van der Waals surface area contributed by atoms with Crippen molar-refractivity contribution < 1.29 is 24.5 Å². The maximum Gasteiger partial charge on any atom is 0.355 e. The fourth-order valence-corrected chi connectivity index (χ4v) is 7.06. The van der Waals surface area contributed by atoms with Crippen molar-refractivity contribution in [1.29, 1.82) is 0 Å². The minimum Gasteiger partial charge on any atom is -0.396 e. The maximum atomic E-state index is 11.8. The second kappa shape index (κ2) is 50.9. The molecule has 0 aliphatic heterocycles. The van der Waals surface area contributed by atoms with Crippen molar-refractivity contribution in [3.05, 3.63) is 0 Å². The van der Waals surface area contributed by atoms with Gasteiger partial charge in [0.2, 0.25) is 0 Å². The van der Waals surface area contributed by atoms with E-state index in [-0.39, 0.29) is 0 Å². The Morgan fingerprint density at radius 1 is 0.283 bits per heavy atom. The summed E-state index contributed by atoms with van der Waals surface area (Å²) in [7, 11) is 0. The molecule has 0 spiro atoms. The monoisotopic (exact) mass is 753 g/mol. The summed E-state index contributed by atoms with van der Waals surface area (Å²) in [5.74, 6) is -0.834. The summed E-state index contributed by atoms with van der Waals surface area (Å²) < 4.78 is 0. The highest BCUT2D eigenvalue weighted by atomic mass is 17.2. The van der Waals surface area contributed by atoms with Crippen LogP contribution < -0.4 is 0 Å². The average Bonchev–Trinajstić information content (AvgIpc) is 3.16. The Kier molecular flexibility index (Phi) is 51.9. The average molecular weight is 753 g/mol. The Hall–Kier alpha value is -1.10.